The third kappa shape index (κ3) is 2.41. The van der Waals surface area contributed by atoms with Gasteiger partial charge in [-0.05, 0) is 6.42 Å². The molecule has 0 aromatic rings. The van der Waals surface area contributed by atoms with E-state index in [-0.39, 0.29) is 22.8 Å². The van der Waals surface area contributed by atoms with Gasteiger partial charge in [0.15, 0.2) is 0 Å². The molecule has 0 aliphatic carbocycles. The molecule has 0 aromatic heterocycles. The summed E-state index contributed by atoms with van der Waals surface area (Å²) in [5.74, 6) is 0.791. The molecule has 1 fully saturated rings. The molecule has 1 amide bonds. The lowest BCUT2D eigenvalue weighted by Gasteiger charge is -2.07. The molecule has 11 heavy (non-hydrogen) atoms. The van der Waals surface area contributed by atoms with E-state index < -0.39 is 0 Å². The molecule has 1 unspecified atom stereocenters. The highest BCUT2D eigenvalue weighted by atomic mass is 32.2. The molecule has 1 atom stereocenters. The van der Waals surface area contributed by atoms with Crippen molar-refractivity contribution in [1.82, 2.24) is 5.32 Å². The summed E-state index contributed by atoms with van der Waals surface area (Å²) in [7, 11) is 0. The van der Waals surface area contributed by atoms with Crippen LogP contribution in [0, 0.1) is 0 Å². The fraction of sp³-hybridized carbons (Fsp3) is 0.667. The zero-order chi connectivity index (χ0) is 8.27. The van der Waals surface area contributed by atoms with Gasteiger partial charge in [0.25, 0.3) is 0 Å². The van der Waals surface area contributed by atoms with Gasteiger partial charge in [0.05, 0.1) is 11.8 Å². The lowest BCUT2D eigenvalue weighted by molar-refractivity contribution is -0.122. The average Bonchev–Trinajstić information content (AvgIpc) is 2.37. The Kier molecular flexibility index (Phi) is 3.26. The van der Waals surface area contributed by atoms with Crippen LogP contribution in [0.5, 0.6) is 0 Å². The molecule has 0 spiro atoms. The minimum absolute atomic E-state index is 0.0696. The second-order valence-corrected chi connectivity index (χ2v) is 3.65. The van der Waals surface area contributed by atoms with Crippen LogP contribution in [0.25, 0.3) is 0 Å². The summed E-state index contributed by atoms with van der Waals surface area (Å²) in [4.78, 5) is 21.7. The third-order valence-corrected chi connectivity index (χ3v) is 2.71. The molecule has 0 bridgehead atoms. The second-order valence-electron chi connectivity index (χ2n) is 2.23. The van der Waals surface area contributed by atoms with Crippen molar-refractivity contribution in [3.8, 4) is 0 Å². The number of thiol groups is 1. The van der Waals surface area contributed by atoms with Crippen molar-refractivity contribution in [2.24, 2.45) is 0 Å². The van der Waals surface area contributed by atoms with Crippen molar-refractivity contribution in [1.29, 1.82) is 0 Å². The highest BCUT2D eigenvalue weighted by Gasteiger charge is 2.25. The van der Waals surface area contributed by atoms with Crippen molar-refractivity contribution in [3.05, 3.63) is 0 Å². The molecule has 5 heteroatoms. The van der Waals surface area contributed by atoms with Crippen LogP contribution in [0.3, 0.4) is 0 Å². The van der Waals surface area contributed by atoms with Crippen LogP contribution in [-0.4, -0.2) is 28.6 Å². The van der Waals surface area contributed by atoms with Crippen molar-refractivity contribution in [3.63, 3.8) is 0 Å². The molecule has 1 aliphatic heterocycles. The van der Waals surface area contributed by atoms with Crippen molar-refractivity contribution in [2.45, 2.75) is 12.5 Å². The molecule has 3 nitrogen and oxygen atoms in total. The molecular weight excluding hydrogens is 182 g/mol. The average molecular weight is 191 g/mol. The molecule has 1 aliphatic rings. The summed E-state index contributed by atoms with van der Waals surface area (Å²) in [6.45, 7) is 0. The third-order valence-electron chi connectivity index (χ3n) is 1.41. The van der Waals surface area contributed by atoms with Crippen LogP contribution in [0.2, 0.25) is 0 Å². The number of nitrogens with one attached hydrogen (secondary N) is 1. The van der Waals surface area contributed by atoms with Gasteiger partial charge >= 0.3 is 0 Å². The van der Waals surface area contributed by atoms with E-state index in [2.05, 4.69) is 17.9 Å². The van der Waals surface area contributed by atoms with Crippen LogP contribution in [-0.2, 0) is 9.59 Å². The van der Waals surface area contributed by atoms with Gasteiger partial charge in [-0.15, -0.1) is 0 Å². The summed E-state index contributed by atoms with van der Waals surface area (Å²) < 4.78 is 0. The predicted octanol–water partition coefficient (Wildman–Crippen LogP) is 0.0645. The quantitative estimate of drug-likeness (QED) is 0.607. The van der Waals surface area contributed by atoms with Gasteiger partial charge in [-0.1, -0.05) is 11.8 Å². The number of carbonyl (C=O) groups is 2. The smallest absolute Gasteiger partial charge is 0.230 e. The Morgan fingerprint density at radius 2 is 2.55 bits per heavy atom. The Morgan fingerprint density at radius 3 is 3.00 bits per heavy atom. The molecule has 0 radical (unpaired) electrons. The summed E-state index contributed by atoms with van der Waals surface area (Å²) >= 11 is 5.07. The molecule has 1 N–H and O–H groups in total. The van der Waals surface area contributed by atoms with E-state index in [9.17, 15) is 9.59 Å². The van der Waals surface area contributed by atoms with Crippen LogP contribution >= 0.6 is 24.4 Å². The predicted molar refractivity (Wildman–Crippen MR) is 47.9 cm³/mol. The molecular formula is C6H9NO2S2. The first-order valence-electron chi connectivity index (χ1n) is 3.31. The topological polar surface area (TPSA) is 46.2 Å². The highest BCUT2D eigenvalue weighted by molar-refractivity contribution is 8.14. The maximum atomic E-state index is 10.9. The maximum absolute atomic E-state index is 10.9. The molecule has 0 saturated carbocycles. The van der Waals surface area contributed by atoms with E-state index >= 15 is 0 Å². The van der Waals surface area contributed by atoms with Crippen molar-refractivity contribution < 1.29 is 9.59 Å². The standard InChI is InChI=1S/C6H9NO2S2/c8-5(3-10)7-4-1-2-11-6(4)9/h4,10H,1-3H2,(H,7,8). The van der Waals surface area contributed by atoms with Gasteiger partial charge in [0.1, 0.15) is 0 Å². The number of thioether (sulfide) groups is 1. The first kappa shape index (κ1) is 8.93. The molecule has 62 valence electrons. The molecule has 1 saturated heterocycles. The minimum Gasteiger partial charge on any atom is -0.345 e. The van der Waals surface area contributed by atoms with Gasteiger partial charge in [-0.25, -0.2) is 0 Å². The SMILES string of the molecule is O=C(CS)NC1CCSC1=O. The van der Waals surface area contributed by atoms with Gasteiger partial charge in [-0.3, -0.25) is 9.59 Å². The van der Waals surface area contributed by atoms with E-state index in [1.165, 1.54) is 11.8 Å². The fourth-order valence-corrected chi connectivity index (χ4v) is 1.89. The second kappa shape index (κ2) is 4.01. The van der Waals surface area contributed by atoms with Gasteiger partial charge in [0.2, 0.25) is 11.0 Å². The lowest BCUT2D eigenvalue weighted by atomic mass is 10.2. The van der Waals surface area contributed by atoms with Gasteiger partial charge in [-0.2, -0.15) is 12.6 Å². The van der Waals surface area contributed by atoms with Crippen LogP contribution in [0.15, 0.2) is 0 Å². The Hall–Kier alpha value is -0.160. The summed E-state index contributed by atoms with van der Waals surface area (Å²) in [6, 6.07) is -0.264. The summed E-state index contributed by atoms with van der Waals surface area (Å²) in [6.07, 6.45) is 0.753. The molecule has 1 rings (SSSR count). The van der Waals surface area contributed by atoms with E-state index in [4.69, 9.17) is 0 Å². The molecule has 0 aromatic carbocycles. The van der Waals surface area contributed by atoms with E-state index in [1.54, 1.807) is 0 Å². The van der Waals surface area contributed by atoms with Crippen LogP contribution in [0.4, 0.5) is 0 Å². The molecule has 1 heterocycles. The largest absolute Gasteiger partial charge is 0.345 e. The zero-order valence-corrected chi connectivity index (χ0v) is 7.58. The zero-order valence-electron chi connectivity index (χ0n) is 5.87. The Labute approximate surface area is 74.7 Å². The first-order valence-corrected chi connectivity index (χ1v) is 4.92. The summed E-state index contributed by atoms with van der Waals surface area (Å²) in [5, 5.41) is 2.66. The lowest BCUT2D eigenvalue weighted by Crippen LogP contribution is -2.37. The minimum atomic E-state index is -0.264. The number of carbonyl (C=O) groups excluding carboxylic acids is 2. The van der Waals surface area contributed by atoms with Crippen LogP contribution in [0.1, 0.15) is 6.42 Å². The Morgan fingerprint density at radius 1 is 1.82 bits per heavy atom. The fourth-order valence-electron chi connectivity index (χ4n) is 0.867. The Balaban J connectivity index is 2.36. The van der Waals surface area contributed by atoms with Gasteiger partial charge in [0, 0.05) is 5.75 Å². The van der Waals surface area contributed by atoms with E-state index in [1.807, 2.05) is 0 Å². The van der Waals surface area contributed by atoms with E-state index in [0.29, 0.717) is 0 Å². The monoisotopic (exact) mass is 191 g/mol. The normalized spacial score (nSPS) is 23.7. The number of rotatable bonds is 2. The van der Waals surface area contributed by atoms with Crippen molar-refractivity contribution in [2.75, 3.05) is 11.5 Å². The number of amides is 1. The van der Waals surface area contributed by atoms with Crippen LogP contribution < -0.4 is 5.32 Å². The maximum Gasteiger partial charge on any atom is 0.230 e. The first-order chi connectivity index (χ1) is 5.24. The Bertz CT molecular complexity index is 183. The highest BCUT2D eigenvalue weighted by Crippen LogP contribution is 2.19. The van der Waals surface area contributed by atoms with Gasteiger partial charge < -0.3 is 5.32 Å². The van der Waals surface area contributed by atoms with Crippen molar-refractivity contribution >= 4 is 35.4 Å². The van der Waals surface area contributed by atoms with E-state index in [0.717, 1.165) is 12.2 Å². The summed E-state index contributed by atoms with van der Waals surface area (Å²) in [5.41, 5.74) is 0. The number of hydrogen-bond donors (Lipinski definition) is 2. The number of hydrogen-bond acceptors (Lipinski definition) is 4.